The van der Waals surface area contributed by atoms with Gasteiger partial charge in [-0.2, -0.15) is 0 Å². The minimum Gasteiger partial charge on any atom is -0.330 e. The van der Waals surface area contributed by atoms with Crippen molar-refractivity contribution in [1.82, 2.24) is 4.90 Å². The van der Waals surface area contributed by atoms with Crippen LogP contribution in [0.15, 0.2) is 30.3 Å². The molecule has 0 amide bonds. The van der Waals surface area contributed by atoms with E-state index in [4.69, 9.17) is 5.73 Å². The van der Waals surface area contributed by atoms with Crippen LogP contribution in [0.3, 0.4) is 0 Å². The Kier molecular flexibility index (Phi) is 2.62. The summed E-state index contributed by atoms with van der Waals surface area (Å²) < 4.78 is 0. The number of nitrogens with zero attached hydrogens (tertiary/aromatic N) is 1. The second-order valence-corrected chi connectivity index (χ2v) is 3.56. The third kappa shape index (κ3) is 2.08. The Bertz CT molecular complexity index is 258. The molecule has 70 valence electrons. The van der Waals surface area contributed by atoms with Crippen molar-refractivity contribution in [1.29, 1.82) is 0 Å². The Labute approximate surface area is 79.4 Å². The molecule has 0 spiro atoms. The SMILES string of the molecule is NCCCN1CC1c1ccccc1. The second kappa shape index (κ2) is 3.90. The largest absolute Gasteiger partial charge is 0.330 e. The molecule has 2 heteroatoms. The average molecular weight is 176 g/mol. The first-order chi connectivity index (χ1) is 6.42. The molecule has 2 rings (SSSR count). The van der Waals surface area contributed by atoms with E-state index < -0.39 is 0 Å². The van der Waals surface area contributed by atoms with Crippen molar-refractivity contribution in [3.05, 3.63) is 35.9 Å². The summed E-state index contributed by atoms with van der Waals surface area (Å²) in [4.78, 5) is 2.46. The van der Waals surface area contributed by atoms with Crippen LogP contribution in [0.5, 0.6) is 0 Å². The molecule has 2 N–H and O–H groups in total. The Balaban J connectivity index is 1.86. The number of rotatable bonds is 4. The maximum atomic E-state index is 5.46. The number of hydrogen-bond donors (Lipinski definition) is 1. The Morgan fingerprint density at radius 3 is 2.77 bits per heavy atom. The molecule has 1 heterocycles. The third-order valence-corrected chi connectivity index (χ3v) is 2.55. The first-order valence-corrected chi connectivity index (χ1v) is 4.91. The zero-order valence-corrected chi connectivity index (χ0v) is 7.82. The highest BCUT2D eigenvalue weighted by Crippen LogP contribution is 2.33. The molecule has 1 saturated heterocycles. The van der Waals surface area contributed by atoms with Crippen LogP contribution in [0.2, 0.25) is 0 Å². The summed E-state index contributed by atoms with van der Waals surface area (Å²) in [5.41, 5.74) is 6.91. The molecule has 0 radical (unpaired) electrons. The molecule has 1 fully saturated rings. The Morgan fingerprint density at radius 1 is 1.31 bits per heavy atom. The quantitative estimate of drug-likeness (QED) is 0.702. The predicted octanol–water partition coefficient (Wildman–Crippen LogP) is 1.39. The standard InChI is InChI=1S/C11H16N2/c12-7-4-8-13-9-11(13)10-5-2-1-3-6-10/h1-3,5-6,11H,4,7-9,12H2. The fourth-order valence-electron chi connectivity index (χ4n) is 1.71. The van der Waals surface area contributed by atoms with E-state index in [1.54, 1.807) is 0 Å². The molecule has 13 heavy (non-hydrogen) atoms. The normalized spacial score (nSPS) is 25.9. The van der Waals surface area contributed by atoms with Crippen molar-refractivity contribution in [3.63, 3.8) is 0 Å². The molecule has 0 aliphatic carbocycles. The van der Waals surface area contributed by atoms with Crippen LogP contribution < -0.4 is 5.73 Å². The Morgan fingerprint density at radius 2 is 2.08 bits per heavy atom. The zero-order chi connectivity index (χ0) is 9.10. The summed E-state index contributed by atoms with van der Waals surface area (Å²) in [6.07, 6.45) is 1.11. The van der Waals surface area contributed by atoms with Gasteiger partial charge in [-0.3, -0.25) is 4.90 Å². The van der Waals surface area contributed by atoms with Gasteiger partial charge >= 0.3 is 0 Å². The fourth-order valence-corrected chi connectivity index (χ4v) is 1.71. The van der Waals surface area contributed by atoms with Gasteiger partial charge < -0.3 is 5.73 Å². The summed E-state index contributed by atoms with van der Waals surface area (Å²) >= 11 is 0. The molecule has 1 aromatic rings. The minimum atomic E-state index is 0.674. The maximum Gasteiger partial charge on any atom is 0.0476 e. The van der Waals surface area contributed by atoms with Crippen LogP contribution in [-0.4, -0.2) is 24.5 Å². The van der Waals surface area contributed by atoms with Crippen molar-refractivity contribution in [2.45, 2.75) is 12.5 Å². The molecule has 1 aliphatic rings. The molecular weight excluding hydrogens is 160 g/mol. The van der Waals surface area contributed by atoms with Crippen LogP contribution in [0.25, 0.3) is 0 Å². The highest BCUT2D eigenvalue weighted by molar-refractivity contribution is 5.23. The van der Waals surface area contributed by atoms with E-state index in [1.807, 2.05) is 0 Å². The van der Waals surface area contributed by atoms with Crippen LogP contribution >= 0.6 is 0 Å². The summed E-state index contributed by atoms with van der Waals surface area (Å²) in [6.45, 7) is 3.16. The lowest BCUT2D eigenvalue weighted by Gasteiger charge is -2.01. The lowest BCUT2D eigenvalue weighted by molar-refractivity contribution is 0.499. The summed E-state index contributed by atoms with van der Waals surface area (Å²) in [6, 6.07) is 11.4. The second-order valence-electron chi connectivity index (χ2n) is 3.56. The van der Waals surface area contributed by atoms with E-state index in [9.17, 15) is 0 Å². The van der Waals surface area contributed by atoms with Gasteiger partial charge in [0.25, 0.3) is 0 Å². The predicted molar refractivity (Wildman–Crippen MR) is 54.4 cm³/mol. The maximum absolute atomic E-state index is 5.46. The minimum absolute atomic E-state index is 0.674. The lowest BCUT2D eigenvalue weighted by atomic mass is 10.2. The van der Waals surface area contributed by atoms with Crippen LogP contribution in [0.1, 0.15) is 18.0 Å². The van der Waals surface area contributed by atoms with E-state index in [1.165, 1.54) is 12.1 Å². The lowest BCUT2D eigenvalue weighted by Crippen LogP contribution is -2.08. The van der Waals surface area contributed by atoms with Gasteiger partial charge in [0.2, 0.25) is 0 Å². The van der Waals surface area contributed by atoms with E-state index in [0.29, 0.717) is 6.04 Å². The van der Waals surface area contributed by atoms with Crippen molar-refractivity contribution < 1.29 is 0 Å². The number of nitrogens with two attached hydrogens (primary N) is 1. The molecule has 2 unspecified atom stereocenters. The van der Waals surface area contributed by atoms with Crippen molar-refractivity contribution >= 4 is 0 Å². The summed E-state index contributed by atoms with van der Waals surface area (Å²) in [7, 11) is 0. The highest BCUT2D eigenvalue weighted by Gasteiger charge is 2.33. The van der Waals surface area contributed by atoms with Gasteiger partial charge in [-0.25, -0.2) is 0 Å². The molecule has 2 atom stereocenters. The summed E-state index contributed by atoms with van der Waals surface area (Å²) in [5.74, 6) is 0. The van der Waals surface area contributed by atoms with Gasteiger partial charge in [0.15, 0.2) is 0 Å². The van der Waals surface area contributed by atoms with Crippen molar-refractivity contribution in [3.8, 4) is 0 Å². The smallest absolute Gasteiger partial charge is 0.0476 e. The number of benzene rings is 1. The molecular formula is C11H16N2. The van der Waals surface area contributed by atoms with Crippen LogP contribution in [0, 0.1) is 0 Å². The van der Waals surface area contributed by atoms with Crippen LogP contribution in [-0.2, 0) is 0 Å². The van der Waals surface area contributed by atoms with Gasteiger partial charge in [0.05, 0.1) is 0 Å². The van der Waals surface area contributed by atoms with Gasteiger partial charge in [-0.1, -0.05) is 30.3 Å². The van der Waals surface area contributed by atoms with Crippen LogP contribution in [0.4, 0.5) is 0 Å². The molecule has 1 aliphatic heterocycles. The molecule has 0 aromatic heterocycles. The van der Waals surface area contributed by atoms with Gasteiger partial charge in [-0.05, 0) is 18.5 Å². The van der Waals surface area contributed by atoms with E-state index in [2.05, 4.69) is 35.2 Å². The zero-order valence-electron chi connectivity index (χ0n) is 7.82. The molecule has 0 saturated carbocycles. The van der Waals surface area contributed by atoms with Gasteiger partial charge in [-0.15, -0.1) is 0 Å². The monoisotopic (exact) mass is 176 g/mol. The third-order valence-electron chi connectivity index (χ3n) is 2.55. The average Bonchev–Trinajstić information content (AvgIpc) is 2.95. The number of hydrogen-bond acceptors (Lipinski definition) is 2. The molecule has 1 aromatic carbocycles. The molecule has 2 nitrogen and oxygen atoms in total. The Hall–Kier alpha value is -0.860. The van der Waals surface area contributed by atoms with E-state index >= 15 is 0 Å². The topological polar surface area (TPSA) is 29.0 Å². The first-order valence-electron chi connectivity index (χ1n) is 4.91. The van der Waals surface area contributed by atoms with Crippen molar-refractivity contribution in [2.75, 3.05) is 19.6 Å². The van der Waals surface area contributed by atoms with Gasteiger partial charge in [0.1, 0.15) is 0 Å². The van der Waals surface area contributed by atoms with E-state index in [-0.39, 0.29) is 0 Å². The first kappa shape index (κ1) is 8.73. The highest BCUT2D eigenvalue weighted by atomic mass is 15.3. The fraction of sp³-hybridized carbons (Fsp3) is 0.455. The summed E-state index contributed by atoms with van der Waals surface area (Å²) in [5, 5.41) is 0. The van der Waals surface area contributed by atoms with Crippen molar-refractivity contribution in [2.24, 2.45) is 5.73 Å². The van der Waals surface area contributed by atoms with Gasteiger partial charge in [0, 0.05) is 19.1 Å². The van der Waals surface area contributed by atoms with E-state index in [0.717, 1.165) is 19.5 Å². The molecule has 0 bridgehead atoms.